The number of nitrogens with one attached hydrogen (secondary N) is 1. The number of aryl methyl sites for hydroxylation is 2. The second kappa shape index (κ2) is 5.40. The number of H-pyrrole nitrogens is 1. The van der Waals surface area contributed by atoms with Gasteiger partial charge in [-0.05, 0) is 48.2 Å². The molecule has 2 nitrogen and oxygen atoms in total. The lowest BCUT2D eigenvalue weighted by Crippen LogP contribution is -1.82. The van der Waals surface area contributed by atoms with Crippen molar-refractivity contribution in [2.45, 2.75) is 13.8 Å². The molecule has 0 spiro atoms. The van der Waals surface area contributed by atoms with Crippen molar-refractivity contribution in [3.63, 3.8) is 0 Å². The second-order valence-corrected chi connectivity index (χ2v) is 6.00. The Morgan fingerprint density at radius 1 is 0.696 bits per heavy atom. The van der Waals surface area contributed by atoms with Crippen molar-refractivity contribution >= 4 is 11.0 Å². The first kappa shape index (κ1) is 13.8. The second-order valence-electron chi connectivity index (χ2n) is 6.00. The number of nitrogens with zero attached hydrogens (tertiary/aromatic N) is 1. The van der Waals surface area contributed by atoms with Gasteiger partial charge in [-0.2, -0.15) is 0 Å². The normalized spacial score (nSPS) is 11.0. The average molecular weight is 298 g/mol. The molecular formula is C21H18N2. The Labute approximate surface area is 135 Å². The summed E-state index contributed by atoms with van der Waals surface area (Å²) in [6.07, 6.45) is 0. The van der Waals surface area contributed by atoms with Gasteiger partial charge in [0.05, 0.1) is 11.0 Å². The van der Waals surface area contributed by atoms with Crippen molar-refractivity contribution in [3.8, 4) is 22.3 Å². The third-order valence-electron chi connectivity index (χ3n) is 4.17. The highest BCUT2D eigenvalue weighted by Gasteiger charge is 2.04. The average Bonchev–Trinajstić information content (AvgIpc) is 2.94. The van der Waals surface area contributed by atoms with Crippen LogP contribution in [0.15, 0.2) is 66.7 Å². The Morgan fingerprint density at radius 2 is 1.35 bits per heavy atom. The van der Waals surface area contributed by atoms with Gasteiger partial charge >= 0.3 is 0 Å². The van der Waals surface area contributed by atoms with E-state index in [1.807, 2.05) is 6.92 Å². The van der Waals surface area contributed by atoms with Crippen LogP contribution in [0.1, 0.15) is 11.4 Å². The summed E-state index contributed by atoms with van der Waals surface area (Å²) in [6, 6.07) is 23.7. The zero-order valence-electron chi connectivity index (χ0n) is 13.3. The van der Waals surface area contributed by atoms with Crippen LogP contribution in [-0.2, 0) is 0 Å². The zero-order valence-corrected chi connectivity index (χ0v) is 13.3. The van der Waals surface area contributed by atoms with Gasteiger partial charge in [-0.15, -0.1) is 0 Å². The van der Waals surface area contributed by atoms with Gasteiger partial charge in [0.2, 0.25) is 0 Å². The van der Waals surface area contributed by atoms with Gasteiger partial charge < -0.3 is 4.98 Å². The molecule has 0 aliphatic carbocycles. The maximum atomic E-state index is 4.45. The lowest BCUT2D eigenvalue weighted by atomic mass is 9.99. The Bertz CT molecular complexity index is 978. The van der Waals surface area contributed by atoms with Gasteiger partial charge in [0, 0.05) is 0 Å². The molecule has 0 saturated heterocycles. The summed E-state index contributed by atoms with van der Waals surface area (Å²) in [5.74, 6) is 0.951. The maximum absolute atomic E-state index is 4.45. The molecule has 0 aliphatic rings. The molecule has 112 valence electrons. The van der Waals surface area contributed by atoms with Crippen molar-refractivity contribution in [3.05, 3.63) is 78.1 Å². The quantitative estimate of drug-likeness (QED) is 0.519. The van der Waals surface area contributed by atoms with Crippen molar-refractivity contribution in [1.82, 2.24) is 9.97 Å². The fraction of sp³-hybridized carbons (Fsp3) is 0.0952. The van der Waals surface area contributed by atoms with Gasteiger partial charge in [0.15, 0.2) is 0 Å². The summed E-state index contributed by atoms with van der Waals surface area (Å²) in [5, 5.41) is 0. The third-order valence-corrected chi connectivity index (χ3v) is 4.17. The summed E-state index contributed by atoms with van der Waals surface area (Å²) in [7, 11) is 0. The molecule has 0 amide bonds. The van der Waals surface area contributed by atoms with Gasteiger partial charge in [-0.1, -0.05) is 60.2 Å². The van der Waals surface area contributed by atoms with E-state index in [0.717, 1.165) is 16.9 Å². The lowest BCUT2D eigenvalue weighted by molar-refractivity contribution is 1.17. The maximum Gasteiger partial charge on any atom is 0.104 e. The number of benzene rings is 3. The first-order valence-electron chi connectivity index (χ1n) is 7.83. The first-order valence-corrected chi connectivity index (χ1v) is 7.83. The summed E-state index contributed by atoms with van der Waals surface area (Å²) < 4.78 is 0. The Morgan fingerprint density at radius 3 is 2.04 bits per heavy atom. The number of aromatic nitrogens is 2. The van der Waals surface area contributed by atoms with E-state index in [1.165, 1.54) is 27.8 Å². The molecule has 3 aromatic carbocycles. The third kappa shape index (κ3) is 2.64. The summed E-state index contributed by atoms with van der Waals surface area (Å²) in [5.41, 5.74) is 8.32. The van der Waals surface area contributed by atoms with Crippen molar-refractivity contribution in [1.29, 1.82) is 0 Å². The van der Waals surface area contributed by atoms with Crippen LogP contribution in [0.5, 0.6) is 0 Å². The largest absolute Gasteiger partial charge is 0.342 e. The molecule has 4 rings (SSSR count). The van der Waals surface area contributed by atoms with Crippen molar-refractivity contribution in [2.75, 3.05) is 0 Å². The molecular weight excluding hydrogens is 280 g/mol. The monoisotopic (exact) mass is 298 g/mol. The number of hydrogen-bond acceptors (Lipinski definition) is 1. The molecule has 23 heavy (non-hydrogen) atoms. The Balaban J connectivity index is 1.71. The number of rotatable bonds is 2. The first-order chi connectivity index (χ1) is 11.2. The van der Waals surface area contributed by atoms with E-state index in [4.69, 9.17) is 0 Å². The van der Waals surface area contributed by atoms with Gasteiger partial charge in [-0.3, -0.25) is 0 Å². The minimum Gasteiger partial charge on any atom is -0.342 e. The van der Waals surface area contributed by atoms with Crippen LogP contribution in [0.3, 0.4) is 0 Å². The molecule has 0 saturated carbocycles. The Kier molecular flexibility index (Phi) is 3.23. The zero-order chi connectivity index (χ0) is 15.8. The molecule has 0 unspecified atom stereocenters. The smallest absolute Gasteiger partial charge is 0.104 e. The van der Waals surface area contributed by atoms with E-state index >= 15 is 0 Å². The molecule has 0 fully saturated rings. The van der Waals surface area contributed by atoms with E-state index in [2.05, 4.69) is 83.6 Å². The summed E-state index contributed by atoms with van der Waals surface area (Å²) in [4.78, 5) is 7.76. The number of imidazole rings is 1. The lowest BCUT2D eigenvalue weighted by Gasteiger charge is -2.06. The van der Waals surface area contributed by atoms with E-state index in [1.54, 1.807) is 0 Å². The molecule has 1 heterocycles. The molecule has 0 bridgehead atoms. The fourth-order valence-corrected chi connectivity index (χ4v) is 3.00. The van der Waals surface area contributed by atoms with E-state index < -0.39 is 0 Å². The van der Waals surface area contributed by atoms with Crippen molar-refractivity contribution in [2.24, 2.45) is 0 Å². The van der Waals surface area contributed by atoms with Crippen LogP contribution in [0.2, 0.25) is 0 Å². The minimum absolute atomic E-state index is 0.951. The predicted molar refractivity (Wildman–Crippen MR) is 96.4 cm³/mol. The van der Waals surface area contributed by atoms with Crippen LogP contribution in [0, 0.1) is 13.8 Å². The Hall–Kier alpha value is -2.87. The number of hydrogen-bond donors (Lipinski definition) is 1. The van der Waals surface area contributed by atoms with Crippen LogP contribution >= 0.6 is 0 Å². The van der Waals surface area contributed by atoms with Crippen LogP contribution in [-0.4, -0.2) is 9.97 Å². The van der Waals surface area contributed by atoms with Crippen molar-refractivity contribution < 1.29 is 0 Å². The highest BCUT2D eigenvalue weighted by Crippen LogP contribution is 2.27. The molecule has 0 atom stereocenters. The molecule has 4 aromatic rings. The molecule has 1 aromatic heterocycles. The van der Waals surface area contributed by atoms with E-state index in [0.29, 0.717) is 0 Å². The van der Waals surface area contributed by atoms with E-state index in [-0.39, 0.29) is 0 Å². The molecule has 2 heteroatoms. The summed E-state index contributed by atoms with van der Waals surface area (Å²) in [6.45, 7) is 4.11. The highest BCUT2D eigenvalue weighted by molar-refractivity contribution is 5.82. The van der Waals surface area contributed by atoms with E-state index in [9.17, 15) is 0 Å². The standard InChI is InChI=1S/C21H18N2/c1-14-4-3-5-18(12-14)16-6-8-17(9-7-16)19-10-11-20-21(13-19)23-15(2)22-20/h3-13H,1-2H3,(H,22,23). The minimum atomic E-state index is 0.951. The van der Waals surface area contributed by atoms with Crippen LogP contribution in [0.25, 0.3) is 33.3 Å². The summed E-state index contributed by atoms with van der Waals surface area (Å²) >= 11 is 0. The SMILES string of the molecule is Cc1cccc(-c2ccc(-c3ccc4nc(C)[nH]c4c3)cc2)c1. The topological polar surface area (TPSA) is 28.7 Å². The van der Waals surface area contributed by atoms with Gasteiger partial charge in [0.25, 0.3) is 0 Å². The van der Waals surface area contributed by atoms with Crippen LogP contribution < -0.4 is 0 Å². The number of aromatic amines is 1. The highest BCUT2D eigenvalue weighted by atomic mass is 14.9. The fourth-order valence-electron chi connectivity index (χ4n) is 3.00. The van der Waals surface area contributed by atoms with Gasteiger partial charge in [0.1, 0.15) is 5.82 Å². The molecule has 0 radical (unpaired) electrons. The predicted octanol–water partition coefficient (Wildman–Crippen LogP) is 5.51. The molecule has 0 aliphatic heterocycles. The molecule has 1 N–H and O–H groups in total. The van der Waals surface area contributed by atoms with Crippen LogP contribution in [0.4, 0.5) is 0 Å². The number of fused-ring (bicyclic) bond motifs is 1. The van der Waals surface area contributed by atoms with Gasteiger partial charge in [-0.25, -0.2) is 4.98 Å².